The zero-order chi connectivity index (χ0) is 18.2. The summed E-state index contributed by atoms with van der Waals surface area (Å²) in [7, 11) is 0. The number of fused-ring (bicyclic) bond motifs is 1. The zero-order valence-corrected chi connectivity index (χ0v) is 13.9. The highest BCUT2D eigenvalue weighted by atomic mass is 19.3. The second-order valence-electron chi connectivity index (χ2n) is 5.40. The quantitative estimate of drug-likeness (QED) is 0.760. The van der Waals surface area contributed by atoms with Crippen molar-refractivity contribution in [1.82, 2.24) is 24.8 Å². The van der Waals surface area contributed by atoms with E-state index in [2.05, 4.69) is 25.7 Å². The molecular weight excluding hydrogens is 334 g/mol. The van der Waals surface area contributed by atoms with Crippen molar-refractivity contribution in [3.63, 3.8) is 0 Å². The van der Waals surface area contributed by atoms with Gasteiger partial charge in [0.2, 0.25) is 5.89 Å². The van der Waals surface area contributed by atoms with Crippen molar-refractivity contribution in [2.75, 3.05) is 5.32 Å². The first-order valence-corrected chi connectivity index (χ1v) is 7.74. The van der Waals surface area contributed by atoms with Gasteiger partial charge < -0.3 is 4.42 Å². The van der Waals surface area contributed by atoms with E-state index in [-0.39, 0.29) is 35.2 Å². The monoisotopic (exact) mass is 350 g/mol. The number of aromatic nitrogens is 5. The highest BCUT2D eigenvalue weighted by Crippen LogP contribution is 2.33. The fourth-order valence-corrected chi connectivity index (χ4v) is 2.44. The third-order valence-corrected chi connectivity index (χ3v) is 3.75. The van der Waals surface area contributed by atoms with Crippen molar-refractivity contribution < 1.29 is 18.0 Å². The molecule has 3 aromatic rings. The molecule has 3 rings (SSSR count). The Bertz CT molecular complexity index is 933. The molecule has 0 aliphatic heterocycles. The SMILES string of the molecule is CCc1nnc2c(C(=O)Nc3nnc(C)o3)ccc(C(F)(F)CC)n12. The van der Waals surface area contributed by atoms with Crippen LogP contribution < -0.4 is 5.32 Å². The molecule has 0 saturated heterocycles. The van der Waals surface area contributed by atoms with E-state index in [0.29, 0.717) is 12.2 Å². The first-order chi connectivity index (χ1) is 11.9. The number of pyridine rings is 1. The molecule has 0 saturated carbocycles. The molecule has 0 unspecified atom stereocenters. The number of aryl methyl sites for hydroxylation is 2. The van der Waals surface area contributed by atoms with Crippen LogP contribution in [0.1, 0.15) is 48.0 Å². The molecule has 25 heavy (non-hydrogen) atoms. The molecule has 0 radical (unpaired) electrons. The lowest BCUT2D eigenvalue weighted by Crippen LogP contribution is -2.20. The Morgan fingerprint density at radius 2 is 2.00 bits per heavy atom. The van der Waals surface area contributed by atoms with Crippen LogP contribution in [0.3, 0.4) is 0 Å². The minimum Gasteiger partial charge on any atom is -0.408 e. The van der Waals surface area contributed by atoms with Crippen LogP contribution in [0.15, 0.2) is 16.5 Å². The van der Waals surface area contributed by atoms with Crippen LogP contribution in [0.4, 0.5) is 14.8 Å². The van der Waals surface area contributed by atoms with E-state index < -0.39 is 11.8 Å². The van der Waals surface area contributed by atoms with Gasteiger partial charge in [0.1, 0.15) is 5.82 Å². The van der Waals surface area contributed by atoms with Gasteiger partial charge >= 0.3 is 6.01 Å². The maximum Gasteiger partial charge on any atom is 0.322 e. The molecule has 8 nitrogen and oxygen atoms in total. The fourth-order valence-electron chi connectivity index (χ4n) is 2.44. The summed E-state index contributed by atoms with van der Waals surface area (Å²) in [6.45, 7) is 4.74. The van der Waals surface area contributed by atoms with E-state index in [1.807, 2.05) is 0 Å². The van der Waals surface area contributed by atoms with Crippen LogP contribution in [0, 0.1) is 6.92 Å². The van der Waals surface area contributed by atoms with Crippen molar-refractivity contribution in [1.29, 1.82) is 0 Å². The van der Waals surface area contributed by atoms with Gasteiger partial charge in [-0.1, -0.05) is 18.9 Å². The molecule has 0 fully saturated rings. The van der Waals surface area contributed by atoms with Crippen molar-refractivity contribution in [3.8, 4) is 0 Å². The van der Waals surface area contributed by atoms with Crippen LogP contribution in [0.2, 0.25) is 0 Å². The molecule has 0 aliphatic carbocycles. The largest absolute Gasteiger partial charge is 0.408 e. The standard InChI is InChI=1S/C15H16F2N6O2/c1-4-11-20-21-12-9(13(24)18-14-22-19-8(3)25-14)6-7-10(23(11)12)15(16,17)5-2/h6-7H,4-5H2,1-3H3,(H,18,22,24). The molecule has 132 valence electrons. The summed E-state index contributed by atoms with van der Waals surface area (Å²) in [6.07, 6.45) is 0.0120. The second-order valence-corrected chi connectivity index (χ2v) is 5.40. The number of amides is 1. The summed E-state index contributed by atoms with van der Waals surface area (Å²) in [4.78, 5) is 12.5. The summed E-state index contributed by atoms with van der Waals surface area (Å²) in [6, 6.07) is 2.42. The predicted molar refractivity (Wildman–Crippen MR) is 83.5 cm³/mol. The van der Waals surface area contributed by atoms with Gasteiger partial charge in [-0.15, -0.1) is 15.3 Å². The molecule has 3 aromatic heterocycles. The number of halogens is 2. The van der Waals surface area contributed by atoms with Gasteiger partial charge in [-0.05, 0) is 12.1 Å². The molecule has 0 spiro atoms. The number of nitrogens with one attached hydrogen (secondary N) is 1. The third kappa shape index (κ3) is 2.94. The first-order valence-electron chi connectivity index (χ1n) is 7.74. The predicted octanol–water partition coefficient (Wildman–Crippen LogP) is 2.74. The highest BCUT2D eigenvalue weighted by molar-refractivity contribution is 6.07. The lowest BCUT2D eigenvalue weighted by atomic mass is 10.1. The van der Waals surface area contributed by atoms with Crippen LogP contribution in [-0.2, 0) is 12.3 Å². The smallest absolute Gasteiger partial charge is 0.322 e. The molecule has 10 heteroatoms. The van der Waals surface area contributed by atoms with E-state index in [4.69, 9.17) is 4.42 Å². The van der Waals surface area contributed by atoms with Crippen molar-refractivity contribution in [2.24, 2.45) is 0 Å². The molecule has 1 amide bonds. The average Bonchev–Trinajstić information content (AvgIpc) is 3.19. The van der Waals surface area contributed by atoms with Gasteiger partial charge in [0, 0.05) is 19.8 Å². The third-order valence-electron chi connectivity index (χ3n) is 3.75. The highest BCUT2D eigenvalue weighted by Gasteiger charge is 2.34. The maximum atomic E-state index is 14.3. The lowest BCUT2D eigenvalue weighted by Gasteiger charge is -2.17. The zero-order valence-electron chi connectivity index (χ0n) is 13.9. The van der Waals surface area contributed by atoms with Crippen molar-refractivity contribution in [2.45, 2.75) is 39.5 Å². The first kappa shape index (κ1) is 16.9. The van der Waals surface area contributed by atoms with Crippen molar-refractivity contribution in [3.05, 3.63) is 35.1 Å². The number of rotatable bonds is 5. The van der Waals surface area contributed by atoms with Gasteiger partial charge in [-0.2, -0.15) is 8.78 Å². The number of alkyl halides is 2. The van der Waals surface area contributed by atoms with Gasteiger partial charge in [0.05, 0.1) is 11.3 Å². The Morgan fingerprint density at radius 3 is 2.60 bits per heavy atom. The fraction of sp³-hybridized carbons (Fsp3) is 0.400. The summed E-state index contributed by atoms with van der Waals surface area (Å²) in [5.74, 6) is -3.03. The Kier molecular flexibility index (Phi) is 4.19. The van der Waals surface area contributed by atoms with Gasteiger partial charge in [-0.3, -0.25) is 14.5 Å². The van der Waals surface area contributed by atoms with E-state index >= 15 is 0 Å². The van der Waals surface area contributed by atoms with Crippen molar-refractivity contribution >= 4 is 17.6 Å². The number of carbonyl (C=O) groups is 1. The minimum atomic E-state index is -3.07. The Morgan fingerprint density at radius 1 is 1.24 bits per heavy atom. The Hall–Kier alpha value is -2.91. The molecule has 0 bridgehead atoms. The normalized spacial score (nSPS) is 11.9. The van der Waals surface area contributed by atoms with Crippen LogP contribution in [0.25, 0.3) is 5.65 Å². The number of anilines is 1. The van der Waals surface area contributed by atoms with Gasteiger partial charge in [0.15, 0.2) is 5.65 Å². The minimum absolute atomic E-state index is 0.0520. The van der Waals surface area contributed by atoms with Crippen LogP contribution in [0.5, 0.6) is 0 Å². The molecular formula is C15H16F2N6O2. The van der Waals surface area contributed by atoms with Crippen LogP contribution in [-0.4, -0.2) is 30.7 Å². The van der Waals surface area contributed by atoms with E-state index in [1.165, 1.54) is 23.5 Å². The maximum absolute atomic E-state index is 14.3. The molecule has 3 heterocycles. The lowest BCUT2D eigenvalue weighted by molar-refractivity contribution is -0.0141. The van der Waals surface area contributed by atoms with Crippen LogP contribution >= 0.6 is 0 Å². The number of carbonyl (C=O) groups excluding carboxylic acids is 1. The summed E-state index contributed by atoms with van der Waals surface area (Å²) >= 11 is 0. The average molecular weight is 350 g/mol. The van der Waals surface area contributed by atoms with Gasteiger partial charge in [0.25, 0.3) is 11.8 Å². The number of hydrogen-bond acceptors (Lipinski definition) is 6. The molecule has 1 N–H and O–H groups in total. The Labute approximate surface area is 141 Å². The summed E-state index contributed by atoms with van der Waals surface area (Å²) in [5, 5.41) is 17.5. The molecule has 0 aliphatic rings. The van der Waals surface area contributed by atoms with E-state index in [1.54, 1.807) is 13.8 Å². The summed E-state index contributed by atoms with van der Waals surface area (Å²) < 4.78 is 34.9. The van der Waals surface area contributed by atoms with E-state index in [9.17, 15) is 13.6 Å². The second kappa shape index (κ2) is 6.19. The van der Waals surface area contributed by atoms with Gasteiger partial charge in [-0.25, -0.2) is 0 Å². The number of nitrogens with zero attached hydrogens (tertiary/aromatic N) is 5. The topological polar surface area (TPSA) is 98.2 Å². The molecule has 0 atom stereocenters. The number of hydrogen-bond donors (Lipinski definition) is 1. The summed E-state index contributed by atoms with van der Waals surface area (Å²) in [5.41, 5.74) is -0.119. The Balaban J connectivity index is 2.10. The van der Waals surface area contributed by atoms with E-state index in [0.717, 1.165) is 0 Å². The molecule has 0 aromatic carbocycles.